The Morgan fingerprint density at radius 3 is 2.80 bits per heavy atom. The Labute approximate surface area is 91.8 Å². The highest BCUT2D eigenvalue weighted by Crippen LogP contribution is 2.25. The van der Waals surface area contributed by atoms with E-state index in [-0.39, 0.29) is 6.42 Å². The number of carboxylic acid groups (broad SMARTS) is 1. The van der Waals surface area contributed by atoms with Gasteiger partial charge in [-0.3, -0.25) is 4.79 Å². The molecule has 0 bridgehead atoms. The Hall–Kier alpha value is -1.61. The van der Waals surface area contributed by atoms with Crippen LogP contribution in [0.2, 0.25) is 0 Å². The summed E-state index contributed by atoms with van der Waals surface area (Å²) in [5, 5.41) is 10.7. The molecule has 1 aromatic heterocycles. The molecule has 0 fully saturated rings. The molecule has 76 valence electrons. The minimum atomic E-state index is -0.793. The molecule has 1 aromatic carbocycles. The molecule has 0 saturated heterocycles. The van der Waals surface area contributed by atoms with Gasteiger partial charge in [-0.25, -0.2) is 0 Å². The summed E-state index contributed by atoms with van der Waals surface area (Å²) in [6.45, 7) is 0. The third-order valence-corrected chi connectivity index (χ3v) is 3.01. The first-order valence-electron chi connectivity index (χ1n) is 4.60. The highest BCUT2D eigenvalue weighted by Gasteiger charge is 2.03. The second-order valence-electron chi connectivity index (χ2n) is 3.25. The van der Waals surface area contributed by atoms with Crippen LogP contribution in [0.1, 0.15) is 5.56 Å². The molecule has 3 heteroatoms. The molecule has 1 heterocycles. The molecule has 0 unspecified atom stereocenters. The maximum atomic E-state index is 10.6. The number of thiophene rings is 1. The van der Waals surface area contributed by atoms with E-state index < -0.39 is 5.97 Å². The van der Waals surface area contributed by atoms with Gasteiger partial charge < -0.3 is 5.11 Å². The largest absolute Gasteiger partial charge is 0.481 e. The number of hydrogen-bond donors (Lipinski definition) is 1. The lowest BCUT2D eigenvalue weighted by Gasteiger charge is -2.00. The zero-order valence-corrected chi connectivity index (χ0v) is 8.83. The third kappa shape index (κ3) is 2.44. The zero-order valence-electron chi connectivity index (χ0n) is 8.01. The average Bonchev–Trinajstić information content (AvgIpc) is 2.69. The maximum Gasteiger partial charge on any atom is 0.307 e. The van der Waals surface area contributed by atoms with E-state index in [1.807, 2.05) is 41.8 Å². The number of rotatable bonds is 3. The molecule has 0 spiro atoms. The summed E-state index contributed by atoms with van der Waals surface area (Å²) < 4.78 is 0. The number of aliphatic carboxylic acids is 1. The molecule has 0 saturated carbocycles. The van der Waals surface area contributed by atoms with Crippen molar-refractivity contribution in [1.82, 2.24) is 0 Å². The van der Waals surface area contributed by atoms with Gasteiger partial charge in [0.25, 0.3) is 0 Å². The van der Waals surface area contributed by atoms with Gasteiger partial charge >= 0.3 is 5.97 Å². The van der Waals surface area contributed by atoms with Gasteiger partial charge in [-0.2, -0.15) is 0 Å². The Balaban J connectivity index is 2.31. The number of carbonyl (C=O) groups is 1. The van der Waals surface area contributed by atoms with E-state index in [1.54, 1.807) is 11.3 Å². The van der Waals surface area contributed by atoms with Crippen LogP contribution < -0.4 is 0 Å². The first-order chi connectivity index (χ1) is 7.25. The molecular formula is C12H10O2S. The van der Waals surface area contributed by atoms with E-state index in [9.17, 15) is 4.79 Å². The smallest absolute Gasteiger partial charge is 0.307 e. The molecular weight excluding hydrogens is 208 g/mol. The lowest BCUT2D eigenvalue weighted by molar-refractivity contribution is -0.136. The fourth-order valence-electron chi connectivity index (χ4n) is 1.45. The van der Waals surface area contributed by atoms with Gasteiger partial charge in [-0.15, -0.1) is 11.3 Å². The van der Waals surface area contributed by atoms with E-state index in [0.29, 0.717) is 0 Å². The second-order valence-corrected chi connectivity index (χ2v) is 4.20. The quantitative estimate of drug-likeness (QED) is 0.859. The van der Waals surface area contributed by atoms with Crippen LogP contribution in [-0.2, 0) is 11.2 Å². The predicted octanol–water partition coefficient (Wildman–Crippen LogP) is 3.04. The molecule has 2 rings (SSSR count). The first-order valence-corrected chi connectivity index (χ1v) is 5.48. The summed E-state index contributed by atoms with van der Waals surface area (Å²) in [6.07, 6.45) is 0.0826. The van der Waals surface area contributed by atoms with E-state index in [2.05, 4.69) is 0 Å². The molecule has 0 aliphatic carbocycles. The lowest BCUT2D eigenvalue weighted by Crippen LogP contribution is -1.99. The van der Waals surface area contributed by atoms with E-state index >= 15 is 0 Å². The second kappa shape index (κ2) is 4.28. The van der Waals surface area contributed by atoms with Gasteiger partial charge in [0.1, 0.15) is 0 Å². The van der Waals surface area contributed by atoms with Crippen LogP contribution in [0.4, 0.5) is 0 Å². The summed E-state index contributed by atoms with van der Waals surface area (Å²) >= 11 is 1.66. The molecule has 15 heavy (non-hydrogen) atoms. The molecule has 1 N–H and O–H groups in total. The van der Waals surface area contributed by atoms with Gasteiger partial charge in [0.2, 0.25) is 0 Å². The van der Waals surface area contributed by atoms with Crippen LogP contribution in [-0.4, -0.2) is 11.1 Å². The van der Waals surface area contributed by atoms with Gasteiger partial charge in [-0.1, -0.05) is 24.3 Å². The normalized spacial score (nSPS) is 10.1. The standard InChI is InChI=1S/C12H10O2S/c13-12(14)8-9-3-1-4-10(7-9)11-5-2-6-15-11/h1-7H,8H2,(H,13,14). The van der Waals surface area contributed by atoms with E-state index in [4.69, 9.17) is 5.11 Å². The van der Waals surface area contributed by atoms with E-state index in [0.717, 1.165) is 11.1 Å². The van der Waals surface area contributed by atoms with Crippen molar-refractivity contribution in [2.45, 2.75) is 6.42 Å². The number of hydrogen-bond acceptors (Lipinski definition) is 2. The van der Waals surface area contributed by atoms with Gasteiger partial charge in [0, 0.05) is 4.88 Å². The summed E-state index contributed by atoms with van der Waals surface area (Å²) in [5.74, 6) is -0.793. The summed E-state index contributed by atoms with van der Waals surface area (Å²) in [7, 11) is 0. The van der Waals surface area contributed by atoms with Crippen LogP contribution in [0.3, 0.4) is 0 Å². The van der Waals surface area contributed by atoms with Crippen molar-refractivity contribution >= 4 is 17.3 Å². The Kier molecular flexibility index (Phi) is 2.83. The minimum Gasteiger partial charge on any atom is -0.481 e. The van der Waals surface area contributed by atoms with Crippen molar-refractivity contribution in [2.24, 2.45) is 0 Å². The highest BCUT2D eigenvalue weighted by atomic mass is 32.1. The average molecular weight is 218 g/mol. The van der Waals surface area contributed by atoms with Crippen molar-refractivity contribution in [1.29, 1.82) is 0 Å². The van der Waals surface area contributed by atoms with Crippen molar-refractivity contribution in [3.8, 4) is 10.4 Å². The summed E-state index contributed by atoms with van der Waals surface area (Å²) in [4.78, 5) is 11.7. The Bertz CT molecular complexity index is 460. The van der Waals surface area contributed by atoms with Gasteiger partial charge in [-0.05, 0) is 28.6 Å². The van der Waals surface area contributed by atoms with Crippen molar-refractivity contribution in [2.75, 3.05) is 0 Å². The SMILES string of the molecule is O=C(O)Cc1cccc(-c2cccs2)c1. The van der Waals surface area contributed by atoms with Crippen molar-refractivity contribution in [3.05, 3.63) is 47.3 Å². The molecule has 2 aromatic rings. The fraction of sp³-hybridized carbons (Fsp3) is 0.0833. The van der Waals surface area contributed by atoms with Crippen molar-refractivity contribution < 1.29 is 9.90 Å². The monoisotopic (exact) mass is 218 g/mol. The maximum absolute atomic E-state index is 10.6. The third-order valence-electron chi connectivity index (χ3n) is 2.09. The summed E-state index contributed by atoms with van der Waals surface area (Å²) in [5.41, 5.74) is 1.93. The van der Waals surface area contributed by atoms with Crippen LogP contribution in [0, 0.1) is 0 Å². The van der Waals surface area contributed by atoms with Crippen molar-refractivity contribution in [3.63, 3.8) is 0 Å². The zero-order chi connectivity index (χ0) is 10.7. The van der Waals surface area contributed by atoms with Gasteiger partial charge in [0.05, 0.1) is 6.42 Å². The molecule has 0 aliphatic rings. The number of benzene rings is 1. The van der Waals surface area contributed by atoms with Crippen LogP contribution in [0.5, 0.6) is 0 Å². The lowest BCUT2D eigenvalue weighted by atomic mass is 10.1. The van der Waals surface area contributed by atoms with E-state index in [1.165, 1.54) is 4.88 Å². The van der Waals surface area contributed by atoms with Gasteiger partial charge in [0.15, 0.2) is 0 Å². The number of carboxylic acids is 1. The van der Waals surface area contributed by atoms with Crippen LogP contribution in [0.25, 0.3) is 10.4 Å². The molecule has 0 aliphatic heterocycles. The van der Waals surface area contributed by atoms with Crippen LogP contribution in [0.15, 0.2) is 41.8 Å². The van der Waals surface area contributed by atoms with Crippen LogP contribution >= 0.6 is 11.3 Å². The fourth-order valence-corrected chi connectivity index (χ4v) is 2.18. The first kappa shape index (κ1) is 9.93. The molecule has 2 nitrogen and oxygen atoms in total. The highest BCUT2D eigenvalue weighted by molar-refractivity contribution is 7.13. The molecule has 0 amide bonds. The topological polar surface area (TPSA) is 37.3 Å². The predicted molar refractivity (Wildman–Crippen MR) is 61.1 cm³/mol. The molecule has 0 radical (unpaired) electrons. The molecule has 0 atom stereocenters. The minimum absolute atomic E-state index is 0.0826. The Morgan fingerprint density at radius 2 is 2.13 bits per heavy atom. The summed E-state index contributed by atoms with van der Waals surface area (Å²) in [6, 6.07) is 11.7. The Morgan fingerprint density at radius 1 is 1.27 bits per heavy atom.